The van der Waals surface area contributed by atoms with Gasteiger partial charge in [-0.15, -0.1) is 0 Å². The smallest absolute Gasteiger partial charge is 0.329 e. The summed E-state index contributed by atoms with van der Waals surface area (Å²) in [7, 11) is 5.18. The van der Waals surface area contributed by atoms with E-state index in [-0.39, 0.29) is 54.6 Å². The predicted octanol–water partition coefficient (Wildman–Crippen LogP) is 8.89. The fourth-order valence-corrected chi connectivity index (χ4v) is 11.4. The SMILES string of the molecule is CCCOC1CC(C=C(C)C2OC(=O)C3CCCCN3C(=O)C(=O)C3(O)OC(C(OC)CC(C)C/C(C)=C/C(CC)C(=O)CCC2C)C(OC)CC3C)CCC1Nc1ccc2c(ccn2C)c1. The standard InChI is InChI=1S/C54H81N3O10/c1-11-25-65-46-31-38(17-19-42(46)55-41-18-20-43-40(32-41)22-24-56(43)8)29-36(6)49-35(5)16-21-45(58)39(12-2)27-33(3)26-34(4)28-47(63-9)50-48(64-10)30-37(7)54(62,67-50)51(59)52(60)57-23-14-13-15-44(57)53(61)66-49/h18,20,22,24,27,29,32,34-35,37-39,42,44,46-50,55,62H,11-17,19,21,23,25-26,28,30-31H2,1-10H3/b33-27+,36-29?. The van der Waals surface area contributed by atoms with Crippen LogP contribution in [0.2, 0.25) is 0 Å². The van der Waals surface area contributed by atoms with Gasteiger partial charge in [-0.2, -0.15) is 0 Å². The Bertz CT molecular complexity index is 2080. The van der Waals surface area contributed by atoms with Crippen LogP contribution in [0.3, 0.4) is 0 Å². The number of aromatic nitrogens is 1. The molecule has 67 heavy (non-hydrogen) atoms. The summed E-state index contributed by atoms with van der Waals surface area (Å²) in [6.45, 7) is 14.8. The molecule has 13 unspecified atom stereocenters. The lowest BCUT2D eigenvalue weighted by Crippen LogP contribution is -2.64. The molecule has 372 valence electrons. The second-order valence-electron chi connectivity index (χ2n) is 20.6. The van der Waals surface area contributed by atoms with Gasteiger partial charge in [-0.3, -0.25) is 14.4 Å². The van der Waals surface area contributed by atoms with Gasteiger partial charge in [0.25, 0.3) is 11.7 Å². The number of piperidine rings is 1. The molecule has 13 atom stereocenters. The van der Waals surface area contributed by atoms with Gasteiger partial charge in [0, 0.05) is 75.5 Å². The molecule has 13 nitrogen and oxygen atoms in total. The van der Waals surface area contributed by atoms with Crippen LogP contribution in [0, 0.1) is 29.6 Å². The van der Waals surface area contributed by atoms with Gasteiger partial charge < -0.3 is 43.6 Å². The number of amides is 1. The normalized spacial score (nSPS) is 35.6. The molecule has 4 aliphatic rings. The minimum atomic E-state index is -2.47. The molecule has 1 saturated carbocycles. The van der Waals surface area contributed by atoms with Gasteiger partial charge in [0.05, 0.1) is 24.4 Å². The molecule has 3 fully saturated rings. The summed E-state index contributed by atoms with van der Waals surface area (Å²) in [6, 6.07) is 7.68. The number of allylic oxidation sites excluding steroid dienone is 3. The largest absolute Gasteiger partial charge is 0.456 e. The first kappa shape index (κ1) is 52.5. The number of ketones is 2. The number of nitrogens with zero attached hydrogens (tertiary/aromatic N) is 2. The number of carbonyl (C=O) groups is 4. The molecule has 0 radical (unpaired) electrons. The second kappa shape index (κ2) is 23.6. The van der Waals surface area contributed by atoms with Crippen molar-refractivity contribution >= 4 is 40.0 Å². The zero-order valence-electron chi connectivity index (χ0n) is 42.1. The summed E-state index contributed by atoms with van der Waals surface area (Å²) >= 11 is 0. The third-order valence-corrected chi connectivity index (χ3v) is 15.3. The average molecular weight is 932 g/mol. The highest BCUT2D eigenvalue weighted by Crippen LogP contribution is 2.40. The molecule has 2 saturated heterocycles. The molecule has 1 amide bonds. The van der Waals surface area contributed by atoms with Crippen molar-refractivity contribution in [2.45, 2.75) is 180 Å². The van der Waals surface area contributed by atoms with Gasteiger partial charge in [-0.25, -0.2) is 4.79 Å². The molecule has 3 aliphatic heterocycles. The van der Waals surface area contributed by atoms with Gasteiger partial charge in [0.1, 0.15) is 24.0 Å². The summed E-state index contributed by atoms with van der Waals surface area (Å²) < 4.78 is 33.4. The number of nitrogens with one attached hydrogen (secondary N) is 1. The number of hydrogen-bond donors (Lipinski definition) is 2. The van der Waals surface area contributed by atoms with E-state index in [9.17, 15) is 24.3 Å². The fraction of sp³-hybridized carbons (Fsp3) is 0.704. The number of fused-ring (bicyclic) bond motifs is 4. The first-order valence-corrected chi connectivity index (χ1v) is 25.3. The van der Waals surface area contributed by atoms with Crippen molar-refractivity contribution in [1.29, 1.82) is 0 Å². The van der Waals surface area contributed by atoms with Crippen molar-refractivity contribution in [2.75, 3.05) is 32.7 Å². The van der Waals surface area contributed by atoms with Gasteiger partial charge in [0.2, 0.25) is 5.79 Å². The summed E-state index contributed by atoms with van der Waals surface area (Å²) in [6.07, 6.45) is 11.7. The molecule has 1 aromatic heterocycles. The number of benzene rings is 1. The van der Waals surface area contributed by atoms with E-state index < -0.39 is 59.8 Å². The number of methoxy groups -OCH3 is 2. The Balaban J connectivity index is 1.29. The number of aryl methyl sites for hydroxylation is 1. The van der Waals surface area contributed by atoms with Crippen molar-refractivity contribution in [3.05, 3.63) is 53.8 Å². The molecule has 0 spiro atoms. The molecular formula is C54H81N3O10. The Morgan fingerprint density at radius 1 is 0.955 bits per heavy atom. The molecule has 13 heteroatoms. The summed E-state index contributed by atoms with van der Waals surface area (Å²) in [5.74, 6) is -6.04. The lowest BCUT2D eigenvalue weighted by atomic mass is 9.81. The average Bonchev–Trinajstić information content (AvgIpc) is 3.69. The van der Waals surface area contributed by atoms with Gasteiger partial charge in [-0.1, -0.05) is 52.3 Å². The van der Waals surface area contributed by atoms with Crippen LogP contribution in [-0.2, 0) is 49.9 Å². The number of rotatable bonds is 10. The van der Waals surface area contributed by atoms with Crippen molar-refractivity contribution in [3.8, 4) is 0 Å². The lowest BCUT2D eigenvalue weighted by molar-refractivity contribution is -0.302. The predicted molar refractivity (Wildman–Crippen MR) is 260 cm³/mol. The van der Waals surface area contributed by atoms with E-state index in [2.05, 4.69) is 80.3 Å². The van der Waals surface area contributed by atoms with Crippen LogP contribution in [0.15, 0.2) is 53.8 Å². The van der Waals surface area contributed by atoms with Crippen molar-refractivity contribution in [3.63, 3.8) is 0 Å². The Kier molecular flexibility index (Phi) is 18.5. The Hall–Kier alpha value is -3.88. The van der Waals surface area contributed by atoms with E-state index in [0.717, 1.165) is 42.5 Å². The maximum atomic E-state index is 14.6. The van der Waals surface area contributed by atoms with Crippen LogP contribution in [0.5, 0.6) is 0 Å². The van der Waals surface area contributed by atoms with Crippen LogP contribution in [0.1, 0.15) is 132 Å². The Morgan fingerprint density at radius 3 is 2.42 bits per heavy atom. The number of esters is 1. The van der Waals surface area contributed by atoms with Gasteiger partial charge in [-0.05, 0) is 138 Å². The third-order valence-electron chi connectivity index (χ3n) is 15.3. The first-order chi connectivity index (χ1) is 32.0. The first-order valence-electron chi connectivity index (χ1n) is 25.3. The molecule has 4 heterocycles. The molecule has 6 rings (SSSR count). The van der Waals surface area contributed by atoms with Crippen LogP contribution in [0.25, 0.3) is 10.9 Å². The maximum absolute atomic E-state index is 14.6. The summed E-state index contributed by atoms with van der Waals surface area (Å²) in [5, 5.41) is 17.1. The van der Waals surface area contributed by atoms with Crippen molar-refractivity contribution in [1.82, 2.24) is 9.47 Å². The topological polar surface area (TPSA) is 155 Å². The molecule has 2 N–H and O–H groups in total. The minimum absolute atomic E-state index is 0.0403. The maximum Gasteiger partial charge on any atom is 0.329 e. The molecule has 1 aliphatic carbocycles. The highest BCUT2D eigenvalue weighted by Gasteiger charge is 2.56. The van der Waals surface area contributed by atoms with Crippen molar-refractivity contribution < 1.29 is 48.0 Å². The Morgan fingerprint density at radius 2 is 1.70 bits per heavy atom. The highest BCUT2D eigenvalue weighted by molar-refractivity contribution is 6.39. The zero-order chi connectivity index (χ0) is 48.6. The van der Waals surface area contributed by atoms with Crippen LogP contribution >= 0.6 is 0 Å². The summed E-state index contributed by atoms with van der Waals surface area (Å²) in [4.78, 5) is 58.7. The van der Waals surface area contributed by atoms with Gasteiger partial charge >= 0.3 is 5.97 Å². The zero-order valence-corrected chi connectivity index (χ0v) is 42.1. The van der Waals surface area contributed by atoms with E-state index >= 15 is 0 Å². The van der Waals surface area contributed by atoms with E-state index in [4.69, 9.17) is 23.7 Å². The quantitative estimate of drug-likeness (QED) is 0.133. The molecule has 2 bridgehead atoms. The number of aliphatic hydroxyl groups is 1. The van der Waals surface area contributed by atoms with Crippen LogP contribution < -0.4 is 5.32 Å². The number of hydrogen-bond acceptors (Lipinski definition) is 11. The number of ether oxygens (including phenoxy) is 5. The number of Topliss-reactive ketones (excluding diaryl/α,β-unsaturated/α-hetero) is 2. The second-order valence-corrected chi connectivity index (χ2v) is 20.6. The lowest BCUT2D eigenvalue weighted by Gasteiger charge is -2.47. The molecule has 1 aromatic carbocycles. The van der Waals surface area contributed by atoms with Crippen LogP contribution in [0.4, 0.5) is 5.69 Å². The minimum Gasteiger partial charge on any atom is -0.456 e. The van der Waals surface area contributed by atoms with E-state index in [1.807, 2.05) is 20.8 Å². The number of cyclic esters (lactones) is 1. The number of carbonyl (C=O) groups excluding carboxylic acids is 4. The fourth-order valence-electron chi connectivity index (χ4n) is 11.4. The summed E-state index contributed by atoms with van der Waals surface area (Å²) in [5.41, 5.74) is 4.22. The Labute approximate surface area is 399 Å². The molecular weight excluding hydrogens is 851 g/mol. The number of anilines is 1. The molecule has 2 aromatic rings. The van der Waals surface area contributed by atoms with Crippen molar-refractivity contribution in [2.24, 2.45) is 36.6 Å². The van der Waals surface area contributed by atoms with Crippen LogP contribution in [-0.4, -0.2) is 114 Å². The van der Waals surface area contributed by atoms with E-state index in [0.29, 0.717) is 58.0 Å². The van der Waals surface area contributed by atoms with E-state index in [1.165, 1.54) is 15.8 Å². The van der Waals surface area contributed by atoms with Gasteiger partial charge in [0.15, 0.2) is 0 Å². The monoisotopic (exact) mass is 932 g/mol. The third kappa shape index (κ3) is 12.5. The highest BCUT2D eigenvalue weighted by atomic mass is 16.7. The van der Waals surface area contributed by atoms with E-state index in [1.54, 1.807) is 21.1 Å².